The zero-order valence-corrected chi connectivity index (χ0v) is 22.3. The fourth-order valence-corrected chi connectivity index (χ4v) is 6.54. The summed E-state index contributed by atoms with van der Waals surface area (Å²) < 4.78 is 0. The molecule has 1 aliphatic heterocycles. The van der Waals surface area contributed by atoms with Crippen LogP contribution in [0.15, 0.2) is 24.3 Å². The van der Waals surface area contributed by atoms with Crippen LogP contribution in [0.2, 0.25) is 5.02 Å². The van der Waals surface area contributed by atoms with Crippen LogP contribution in [-0.2, 0) is 13.0 Å². The van der Waals surface area contributed by atoms with Gasteiger partial charge in [0.1, 0.15) is 5.69 Å². The Kier molecular flexibility index (Phi) is 6.84. The Hall–Kier alpha value is -2.46. The van der Waals surface area contributed by atoms with Gasteiger partial charge in [0.05, 0.1) is 11.3 Å². The quantitative estimate of drug-likeness (QED) is 0.402. The van der Waals surface area contributed by atoms with Crippen LogP contribution in [-0.4, -0.2) is 63.1 Å². The molecule has 1 aliphatic carbocycles. The minimum atomic E-state index is -0.876. The number of aromatic nitrogens is 2. The van der Waals surface area contributed by atoms with Gasteiger partial charge in [0, 0.05) is 52.4 Å². The molecule has 2 amide bonds. The molecule has 192 valence electrons. The van der Waals surface area contributed by atoms with Crippen molar-refractivity contribution in [3.8, 4) is 0 Å². The van der Waals surface area contributed by atoms with Crippen molar-refractivity contribution in [2.75, 3.05) is 13.6 Å². The van der Waals surface area contributed by atoms with Crippen LogP contribution in [0.5, 0.6) is 0 Å². The molecule has 1 fully saturated rings. The first-order chi connectivity index (χ1) is 17.1. The van der Waals surface area contributed by atoms with E-state index in [0.717, 1.165) is 47.4 Å². The number of halogens is 1. The fraction of sp³-hybridized carbons (Fsp3) is 0.500. The monoisotopic (exact) mass is 529 g/mol. The molecule has 1 aromatic carbocycles. The molecule has 0 bridgehead atoms. The van der Waals surface area contributed by atoms with Crippen molar-refractivity contribution in [2.45, 2.75) is 63.8 Å². The third-order valence-corrected chi connectivity index (χ3v) is 8.74. The summed E-state index contributed by atoms with van der Waals surface area (Å²) in [5.74, 6) is -0.455. The highest BCUT2D eigenvalue weighted by Gasteiger charge is 2.39. The number of thiazole rings is 1. The van der Waals surface area contributed by atoms with Gasteiger partial charge in [0.25, 0.3) is 11.8 Å². The third-order valence-electron chi connectivity index (χ3n) is 7.43. The lowest BCUT2D eigenvalue weighted by molar-refractivity contribution is -0.00937. The van der Waals surface area contributed by atoms with E-state index in [2.05, 4.69) is 32.5 Å². The Morgan fingerprint density at radius 2 is 1.97 bits per heavy atom. The first-order valence-corrected chi connectivity index (χ1v) is 13.6. The Morgan fingerprint density at radius 3 is 2.75 bits per heavy atom. The van der Waals surface area contributed by atoms with Gasteiger partial charge in [-0.1, -0.05) is 11.6 Å². The van der Waals surface area contributed by atoms with Crippen LogP contribution in [0, 0.1) is 5.92 Å². The van der Waals surface area contributed by atoms with E-state index in [9.17, 15) is 14.7 Å². The molecule has 0 unspecified atom stereocenters. The number of rotatable bonds is 5. The normalized spacial score (nSPS) is 22.9. The van der Waals surface area contributed by atoms with Crippen molar-refractivity contribution in [1.29, 1.82) is 0 Å². The second-order valence-electron chi connectivity index (χ2n) is 10.6. The zero-order valence-electron chi connectivity index (χ0n) is 20.7. The molecular weight excluding hydrogens is 498 g/mol. The van der Waals surface area contributed by atoms with Crippen molar-refractivity contribution in [2.24, 2.45) is 5.92 Å². The minimum Gasteiger partial charge on any atom is -0.390 e. The summed E-state index contributed by atoms with van der Waals surface area (Å²) in [6, 6.07) is 6.62. The van der Waals surface area contributed by atoms with Gasteiger partial charge in [0.2, 0.25) is 0 Å². The minimum absolute atomic E-state index is 0.00400. The number of aliphatic hydroxyl groups is 1. The van der Waals surface area contributed by atoms with Crippen LogP contribution < -0.4 is 10.6 Å². The van der Waals surface area contributed by atoms with Crippen molar-refractivity contribution in [1.82, 2.24) is 25.5 Å². The molecule has 5 rings (SSSR count). The third kappa shape index (κ3) is 5.29. The largest absolute Gasteiger partial charge is 0.390 e. The van der Waals surface area contributed by atoms with Gasteiger partial charge in [-0.2, -0.15) is 0 Å². The molecule has 4 N–H and O–H groups in total. The van der Waals surface area contributed by atoms with Crippen molar-refractivity contribution >= 4 is 45.7 Å². The molecule has 3 aromatic rings. The summed E-state index contributed by atoms with van der Waals surface area (Å²) in [4.78, 5) is 37.5. The number of amides is 2. The van der Waals surface area contributed by atoms with E-state index in [1.807, 2.05) is 12.1 Å². The van der Waals surface area contributed by atoms with E-state index in [1.165, 1.54) is 11.3 Å². The highest BCUT2D eigenvalue weighted by Crippen LogP contribution is 2.34. The molecule has 0 spiro atoms. The first-order valence-electron chi connectivity index (χ1n) is 12.4. The summed E-state index contributed by atoms with van der Waals surface area (Å²) in [5.41, 5.74) is 1.40. The molecule has 36 heavy (non-hydrogen) atoms. The Balaban J connectivity index is 1.33. The van der Waals surface area contributed by atoms with Gasteiger partial charge in [-0.3, -0.25) is 9.59 Å². The average molecular weight is 530 g/mol. The van der Waals surface area contributed by atoms with Crippen molar-refractivity contribution in [3.05, 3.63) is 50.6 Å². The number of nitrogens with one attached hydrogen (secondary N) is 3. The first kappa shape index (κ1) is 25.2. The number of benzene rings is 1. The topological polar surface area (TPSA) is 110 Å². The molecule has 3 atom stereocenters. The van der Waals surface area contributed by atoms with Crippen molar-refractivity contribution in [3.63, 3.8) is 0 Å². The Labute approximate surface area is 219 Å². The summed E-state index contributed by atoms with van der Waals surface area (Å²) in [7, 11) is 2.07. The van der Waals surface area contributed by atoms with Crippen LogP contribution in [0.25, 0.3) is 10.9 Å². The van der Waals surface area contributed by atoms with Gasteiger partial charge >= 0.3 is 0 Å². The highest BCUT2D eigenvalue weighted by atomic mass is 35.5. The number of hydrogen-bond donors (Lipinski definition) is 4. The maximum Gasteiger partial charge on any atom is 0.280 e. The molecule has 8 nitrogen and oxygen atoms in total. The molecule has 10 heteroatoms. The molecule has 1 saturated carbocycles. The van der Waals surface area contributed by atoms with E-state index < -0.39 is 5.60 Å². The van der Waals surface area contributed by atoms with Crippen LogP contribution >= 0.6 is 22.9 Å². The predicted octanol–water partition coefficient (Wildman–Crippen LogP) is 3.73. The lowest BCUT2D eigenvalue weighted by Crippen LogP contribution is -2.56. The number of nitrogens with zero attached hydrogens (tertiary/aromatic N) is 2. The maximum absolute atomic E-state index is 13.2. The molecule has 0 saturated heterocycles. The smallest absolute Gasteiger partial charge is 0.280 e. The molecule has 3 heterocycles. The number of carbonyl (C=O) groups excluding carboxylic acids is 2. The van der Waals surface area contributed by atoms with E-state index in [4.69, 9.17) is 11.6 Å². The Morgan fingerprint density at radius 1 is 1.19 bits per heavy atom. The highest BCUT2D eigenvalue weighted by molar-refractivity contribution is 7.13. The van der Waals surface area contributed by atoms with Gasteiger partial charge in [-0.25, -0.2) is 4.98 Å². The molecule has 0 radical (unpaired) electrons. The van der Waals surface area contributed by atoms with E-state index >= 15 is 0 Å². The van der Waals surface area contributed by atoms with Crippen LogP contribution in [0.4, 0.5) is 0 Å². The van der Waals surface area contributed by atoms with Crippen LogP contribution in [0.3, 0.4) is 0 Å². The van der Waals surface area contributed by atoms with Gasteiger partial charge in [-0.15, -0.1) is 11.3 Å². The SMILES string of the molecule is CN1CCc2nc(C(=O)N[C@H]3C[C@H](C(C)(C)O)CC[C@H]3NC(=O)c3cc4cc(Cl)ccc4[nH]3)sc2C1. The second-order valence-corrected chi connectivity index (χ2v) is 12.1. The molecule has 2 aromatic heterocycles. The Bertz CT molecular complexity index is 1300. The number of likely N-dealkylation sites (N-methyl/N-ethyl adjacent to an activating group) is 1. The standard InChI is InChI=1S/C26H32ClN5O3S/c1-26(2,35)15-4-6-18(29-23(33)21-11-14-10-16(27)5-7-17(14)28-21)20(12-15)30-24(34)25-31-19-8-9-32(3)13-22(19)36-25/h5,7,10-11,15,18,20,28,35H,4,6,8-9,12-13H2,1-3H3,(H,29,33)(H,30,34)/t15-,18-,20+/m1/s1. The summed E-state index contributed by atoms with van der Waals surface area (Å²) in [5, 5.41) is 18.9. The van der Waals surface area contributed by atoms with Crippen LogP contribution in [0.1, 0.15) is 64.0 Å². The maximum atomic E-state index is 13.2. The molecule has 2 aliphatic rings. The fourth-order valence-electron chi connectivity index (χ4n) is 5.27. The number of fused-ring (bicyclic) bond motifs is 2. The average Bonchev–Trinajstić information content (AvgIpc) is 3.43. The summed E-state index contributed by atoms with van der Waals surface area (Å²) in [6.45, 7) is 5.34. The van der Waals surface area contributed by atoms with Gasteiger partial charge in [-0.05, 0) is 70.3 Å². The lowest BCUT2D eigenvalue weighted by atomic mass is 9.74. The number of aromatic amines is 1. The van der Waals surface area contributed by atoms with Gasteiger partial charge in [0.15, 0.2) is 5.01 Å². The lowest BCUT2D eigenvalue weighted by Gasteiger charge is -2.41. The second kappa shape index (κ2) is 9.78. The number of carbonyl (C=O) groups is 2. The van der Waals surface area contributed by atoms with Crippen molar-refractivity contribution < 1.29 is 14.7 Å². The van der Waals surface area contributed by atoms with E-state index in [1.54, 1.807) is 26.0 Å². The number of hydrogen-bond acceptors (Lipinski definition) is 6. The summed E-state index contributed by atoms with van der Waals surface area (Å²) in [6.07, 6.45) is 2.81. The molecular formula is C26H32ClN5O3S. The van der Waals surface area contributed by atoms with E-state index in [0.29, 0.717) is 28.6 Å². The van der Waals surface area contributed by atoms with Gasteiger partial charge < -0.3 is 25.6 Å². The number of H-pyrrole nitrogens is 1. The zero-order chi connectivity index (χ0) is 25.6. The summed E-state index contributed by atoms with van der Waals surface area (Å²) >= 11 is 7.53. The van der Waals surface area contributed by atoms with E-state index in [-0.39, 0.29) is 29.8 Å². The predicted molar refractivity (Wildman–Crippen MR) is 142 cm³/mol.